The molecule has 2 aromatic heterocycles. The van der Waals surface area contributed by atoms with E-state index in [1.54, 1.807) is 22.9 Å². The highest BCUT2D eigenvalue weighted by Crippen LogP contribution is 2.37. The topological polar surface area (TPSA) is 121 Å². The van der Waals surface area contributed by atoms with E-state index in [0.717, 1.165) is 12.8 Å². The van der Waals surface area contributed by atoms with Gasteiger partial charge in [-0.15, -0.1) is 5.10 Å². The third kappa shape index (κ3) is 2.92. The molecule has 0 radical (unpaired) electrons. The third-order valence-electron chi connectivity index (χ3n) is 3.79. The standard InChI is InChI=1S/C14H15N7O2S/c1-7(24-14-18-19-20-21(14)9-3-4-9)12(22)15-8-2-5-10-11(6-8)17-13(23)16-10/h2,5-7,9H,3-4H2,1H3,(H,15,22)(H2,16,17,23)/t7-/m0/s1. The predicted molar refractivity (Wildman–Crippen MR) is 89.0 cm³/mol. The lowest BCUT2D eigenvalue weighted by Gasteiger charge is -2.11. The first-order valence-electron chi connectivity index (χ1n) is 7.57. The average molecular weight is 345 g/mol. The van der Waals surface area contributed by atoms with Crippen LogP contribution < -0.4 is 11.0 Å². The molecule has 0 saturated heterocycles. The Morgan fingerprint density at radius 3 is 2.96 bits per heavy atom. The van der Waals surface area contributed by atoms with Crippen molar-refractivity contribution in [2.75, 3.05) is 5.32 Å². The lowest BCUT2D eigenvalue weighted by molar-refractivity contribution is -0.115. The Morgan fingerprint density at radius 1 is 1.38 bits per heavy atom. The molecule has 124 valence electrons. The molecule has 1 atom stereocenters. The molecule has 3 N–H and O–H groups in total. The second-order valence-electron chi connectivity index (χ2n) is 5.73. The van der Waals surface area contributed by atoms with Crippen molar-refractivity contribution in [3.05, 3.63) is 28.7 Å². The average Bonchev–Trinajstić information content (AvgIpc) is 3.17. The van der Waals surface area contributed by atoms with E-state index in [1.165, 1.54) is 11.8 Å². The maximum atomic E-state index is 12.4. The SMILES string of the molecule is C[C@H](Sc1nnnn1C1CC1)C(=O)Nc1ccc2[nH]c(=O)[nH]c2c1. The summed E-state index contributed by atoms with van der Waals surface area (Å²) in [5.74, 6) is -0.150. The first-order valence-corrected chi connectivity index (χ1v) is 8.45. The maximum absolute atomic E-state index is 12.4. The minimum atomic E-state index is -0.352. The molecule has 1 aliphatic rings. The Bertz CT molecular complexity index is 955. The number of aromatic nitrogens is 6. The number of fused-ring (bicyclic) bond motifs is 1. The molecule has 3 aromatic rings. The monoisotopic (exact) mass is 345 g/mol. The van der Waals surface area contributed by atoms with Crippen molar-refractivity contribution < 1.29 is 4.79 Å². The fourth-order valence-electron chi connectivity index (χ4n) is 2.38. The normalized spacial score (nSPS) is 15.5. The van der Waals surface area contributed by atoms with Crippen LogP contribution in [0.2, 0.25) is 0 Å². The molecule has 1 aliphatic carbocycles. The Hall–Kier alpha value is -2.62. The van der Waals surface area contributed by atoms with Gasteiger partial charge in [0.25, 0.3) is 0 Å². The summed E-state index contributed by atoms with van der Waals surface area (Å²) >= 11 is 1.33. The number of tetrazole rings is 1. The molecule has 10 heteroatoms. The third-order valence-corrected chi connectivity index (χ3v) is 4.84. The van der Waals surface area contributed by atoms with Crippen molar-refractivity contribution in [2.45, 2.75) is 36.2 Å². The Morgan fingerprint density at radius 2 is 2.17 bits per heavy atom. The van der Waals surface area contributed by atoms with Crippen LogP contribution in [0.5, 0.6) is 0 Å². The summed E-state index contributed by atoms with van der Waals surface area (Å²) in [5, 5.41) is 14.8. The van der Waals surface area contributed by atoms with Crippen LogP contribution in [-0.2, 0) is 4.79 Å². The van der Waals surface area contributed by atoms with E-state index in [-0.39, 0.29) is 16.8 Å². The molecule has 0 bridgehead atoms. The number of hydrogen-bond donors (Lipinski definition) is 3. The number of nitrogens with zero attached hydrogens (tertiary/aromatic N) is 4. The quantitative estimate of drug-likeness (QED) is 0.599. The fraction of sp³-hybridized carbons (Fsp3) is 0.357. The van der Waals surface area contributed by atoms with Crippen molar-refractivity contribution in [3.8, 4) is 0 Å². The number of imidazole rings is 1. The zero-order chi connectivity index (χ0) is 16.7. The molecule has 0 aliphatic heterocycles. The fourth-order valence-corrected chi connectivity index (χ4v) is 3.24. The minimum Gasteiger partial charge on any atom is -0.325 e. The largest absolute Gasteiger partial charge is 0.325 e. The number of hydrogen-bond acceptors (Lipinski definition) is 6. The van der Waals surface area contributed by atoms with Crippen molar-refractivity contribution in [1.29, 1.82) is 0 Å². The summed E-state index contributed by atoms with van der Waals surface area (Å²) < 4.78 is 1.78. The molecule has 4 rings (SSSR count). The van der Waals surface area contributed by atoms with E-state index in [9.17, 15) is 9.59 Å². The van der Waals surface area contributed by atoms with Crippen molar-refractivity contribution in [3.63, 3.8) is 0 Å². The van der Waals surface area contributed by atoms with Crippen molar-refractivity contribution in [2.24, 2.45) is 0 Å². The molecule has 2 heterocycles. The van der Waals surface area contributed by atoms with E-state index >= 15 is 0 Å². The van der Waals surface area contributed by atoms with E-state index in [2.05, 4.69) is 30.8 Å². The van der Waals surface area contributed by atoms with Crippen LogP contribution >= 0.6 is 11.8 Å². The van der Waals surface area contributed by atoms with Gasteiger partial charge in [0, 0.05) is 5.69 Å². The van der Waals surface area contributed by atoms with Crippen LogP contribution in [0.1, 0.15) is 25.8 Å². The second kappa shape index (κ2) is 5.78. The van der Waals surface area contributed by atoms with Crippen LogP contribution in [0.15, 0.2) is 28.2 Å². The molecule has 0 spiro atoms. The van der Waals surface area contributed by atoms with E-state index < -0.39 is 0 Å². The van der Waals surface area contributed by atoms with Gasteiger partial charge < -0.3 is 15.3 Å². The van der Waals surface area contributed by atoms with Gasteiger partial charge in [-0.05, 0) is 48.4 Å². The number of nitrogens with one attached hydrogen (secondary N) is 3. The molecular weight excluding hydrogens is 330 g/mol. The molecule has 0 unspecified atom stereocenters. The van der Waals surface area contributed by atoms with E-state index in [4.69, 9.17) is 0 Å². The van der Waals surface area contributed by atoms with Gasteiger partial charge in [-0.2, -0.15) is 0 Å². The van der Waals surface area contributed by atoms with Crippen molar-refractivity contribution >= 4 is 34.4 Å². The van der Waals surface area contributed by atoms with E-state index in [1.807, 2.05) is 6.92 Å². The zero-order valence-electron chi connectivity index (χ0n) is 12.8. The lowest BCUT2D eigenvalue weighted by Crippen LogP contribution is -2.23. The van der Waals surface area contributed by atoms with Crippen molar-refractivity contribution in [1.82, 2.24) is 30.2 Å². The number of aromatic amines is 2. The van der Waals surface area contributed by atoms with E-state index in [0.29, 0.717) is 27.9 Å². The minimum absolute atomic E-state index is 0.150. The smallest absolute Gasteiger partial charge is 0.323 e. The number of carbonyl (C=O) groups excluding carboxylic acids is 1. The number of anilines is 1. The molecule has 1 aromatic carbocycles. The van der Waals surface area contributed by atoms with Crippen LogP contribution in [0.4, 0.5) is 5.69 Å². The maximum Gasteiger partial charge on any atom is 0.323 e. The number of carbonyl (C=O) groups is 1. The highest BCUT2D eigenvalue weighted by molar-refractivity contribution is 8.00. The van der Waals surface area contributed by atoms with Crippen LogP contribution in [0, 0.1) is 0 Å². The molecular formula is C14H15N7O2S. The number of thioether (sulfide) groups is 1. The van der Waals surface area contributed by atoms with Gasteiger partial charge in [0.2, 0.25) is 11.1 Å². The first-order chi connectivity index (χ1) is 11.6. The summed E-state index contributed by atoms with van der Waals surface area (Å²) in [7, 11) is 0. The summed E-state index contributed by atoms with van der Waals surface area (Å²) in [6.07, 6.45) is 2.15. The van der Waals surface area contributed by atoms with Gasteiger partial charge in [0.15, 0.2) is 0 Å². The highest BCUT2D eigenvalue weighted by Gasteiger charge is 2.29. The number of benzene rings is 1. The molecule has 9 nitrogen and oxygen atoms in total. The predicted octanol–water partition coefficient (Wildman–Crippen LogP) is 1.30. The summed E-state index contributed by atoms with van der Waals surface area (Å²) in [6.45, 7) is 1.81. The molecule has 1 saturated carbocycles. The number of rotatable bonds is 5. The number of amides is 1. The Kier molecular flexibility index (Phi) is 3.60. The van der Waals surface area contributed by atoms with Gasteiger partial charge in [-0.1, -0.05) is 11.8 Å². The van der Waals surface area contributed by atoms with Crippen LogP contribution in [0.25, 0.3) is 11.0 Å². The van der Waals surface area contributed by atoms with Crippen LogP contribution in [0.3, 0.4) is 0 Å². The second-order valence-corrected chi connectivity index (χ2v) is 7.03. The number of H-pyrrole nitrogens is 2. The molecule has 1 fully saturated rings. The first kappa shape index (κ1) is 14.9. The lowest BCUT2D eigenvalue weighted by atomic mass is 10.2. The Balaban J connectivity index is 1.45. The van der Waals surface area contributed by atoms with Gasteiger partial charge in [0.05, 0.1) is 22.3 Å². The van der Waals surface area contributed by atoms with Gasteiger partial charge in [-0.3, -0.25) is 4.79 Å². The van der Waals surface area contributed by atoms with Gasteiger partial charge >= 0.3 is 5.69 Å². The van der Waals surface area contributed by atoms with Gasteiger partial charge in [0.1, 0.15) is 0 Å². The summed E-state index contributed by atoms with van der Waals surface area (Å²) in [5.41, 5.74) is 1.70. The zero-order valence-corrected chi connectivity index (χ0v) is 13.6. The molecule has 24 heavy (non-hydrogen) atoms. The summed E-state index contributed by atoms with van der Waals surface area (Å²) in [4.78, 5) is 29.0. The Labute approximate surface area is 140 Å². The summed E-state index contributed by atoms with van der Waals surface area (Å²) in [6, 6.07) is 5.58. The van der Waals surface area contributed by atoms with Crippen LogP contribution in [-0.4, -0.2) is 41.3 Å². The molecule has 1 amide bonds. The highest BCUT2D eigenvalue weighted by atomic mass is 32.2. The van der Waals surface area contributed by atoms with Gasteiger partial charge in [-0.25, -0.2) is 9.48 Å².